The first kappa shape index (κ1) is 39.8. The monoisotopic (exact) mass is 724 g/mol. The molecule has 0 aliphatic rings. The number of aromatic amines is 1. The van der Waals surface area contributed by atoms with Gasteiger partial charge in [-0.3, -0.25) is 14.5 Å². The smallest absolute Gasteiger partial charge is 0.376 e. The van der Waals surface area contributed by atoms with Gasteiger partial charge in [-0.25, -0.2) is 4.79 Å². The van der Waals surface area contributed by atoms with Crippen LogP contribution in [-0.4, -0.2) is 56.0 Å². The average molecular weight is 725 g/mol. The Morgan fingerprint density at radius 2 is 1.30 bits per heavy atom. The molecule has 0 saturated heterocycles. The molecule has 6 N–H and O–H groups in total. The Morgan fingerprint density at radius 1 is 0.717 bits per heavy atom. The maximum Gasteiger partial charge on any atom is 0.376 e. The Kier molecular flexibility index (Phi) is 15.6. The van der Waals surface area contributed by atoms with E-state index in [1.165, 1.54) is 13.8 Å². The van der Waals surface area contributed by atoms with Gasteiger partial charge >= 0.3 is 5.97 Å². The number of aliphatic hydroxyl groups excluding tert-OH is 2. The highest BCUT2D eigenvalue weighted by molar-refractivity contribution is 5.89. The highest BCUT2D eigenvalue weighted by Crippen LogP contribution is 2.23. The fourth-order valence-corrected chi connectivity index (χ4v) is 5.25. The summed E-state index contributed by atoms with van der Waals surface area (Å²) in [5, 5.41) is 39.9. The van der Waals surface area contributed by atoms with E-state index in [4.69, 9.17) is 15.1 Å². The summed E-state index contributed by atoms with van der Waals surface area (Å²) in [7, 11) is 0. The van der Waals surface area contributed by atoms with Gasteiger partial charge in [-0.05, 0) is 82.1 Å². The molecule has 0 bridgehead atoms. The van der Waals surface area contributed by atoms with Crippen molar-refractivity contribution in [3.63, 3.8) is 0 Å². The number of carbonyl (C=O) groups excluding carboxylic acids is 3. The minimum absolute atomic E-state index is 0.0131. The zero-order chi connectivity index (χ0) is 38.0. The molecule has 0 fully saturated rings. The molecule has 4 aromatic carbocycles. The van der Waals surface area contributed by atoms with E-state index in [9.17, 15) is 19.6 Å². The molecule has 2 amide bonds. The molecule has 0 unspecified atom stereocenters. The molecule has 0 aliphatic heterocycles. The standard InChI is InChI=1S/C14H12O4.C13H16N2O3.C13H16N2O2/c15-14(13-9-5-2-6-10-13)17-18-16-11-12-7-3-1-4-8-12;1-9(17)14-5-4-11-7-15(18)13-3-2-10(8-16)6-12(11)13;1-9(17)14-5-4-11-7-15-13-3-2-10(8-16)6-12(11)13/h1-10H,11H2;2-3,6-7,16,18H,4-5,8H2,1H3,(H,14,17);2-3,6-7,15-16H,4-5,8H2,1H3,(H,14,17). The molecular weight excluding hydrogens is 680 g/mol. The van der Waals surface area contributed by atoms with Gasteiger partial charge in [-0.15, -0.1) is 0 Å². The molecule has 278 valence electrons. The summed E-state index contributed by atoms with van der Waals surface area (Å²) in [5.41, 5.74) is 6.88. The SMILES string of the molecule is CC(=O)NCCc1c[nH]c2ccc(CO)cc12.CC(=O)NCCc1cn(O)c2ccc(CO)cc12.O=C(OOOCc1ccccc1)c1ccccc1. The number of amides is 2. The Bertz CT molecular complexity index is 2060. The van der Waals surface area contributed by atoms with E-state index in [-0.39, 0.29) is 31.6 Å². The number of aromatic nitrogens is 2. The van der Waals surface area contributed by atoms with Crippen molar-refractivity contribution in [1.82, 2.24) is 20.3 Å². The van der Waals surface area contributed by atoms with Crippen molar-refractivity contribution in [2.75, 3.05) is 13.1 Å². The molecule has 0 atom stereocenters. The maximum atomic E-state index is 11.4. The summed E-state index contributed by atoms with van der Waals surface area (Å²) in [6, 6.07) is 29.2. The van der Waals surface area contributed by atoms with Crippen LogP contribution in [0.4, 0.5) is 0 Å². The first-order valence-corrected chi connectivity index (χ1v) is 16.9. The molecule has 13 heteroatoms. The van der Waals surface area contributed by atoms with Crippen molar-refractivity contribution in [3.05, 3.63) is 143 Å². The lowest BCUT2D eigenvalue weighted by Crippen LogP contribution is -2.22. The number of H-pyrrole nitrogens is 1. The van der Waals surface area contributed by atoms with Gasteiger partial charge in [0.1, 0.15) is 6.61 Å². The van der Waals surface area contributed by atoms with Crippen molar-refractivity contribution < 1.29 is 44.6 Å². The van der Waals surface area contributed by atoms with Gasteiger partial charge in [0, 0.05) is 55.6 Å². The number of benzene rings is 4. The predicted molar refractivity (Wildman–Crippen MR) is 198 cm³/mol. The van der Waals surface area contributed by atoms with Gasteiger partial charge in [0.15, 0.2) is 0 Å². The van der Waals surface area contributed by atoms with Crippen LogP contribution in [0.15, 0.2) is 109 Å². The van der Waals surface area contributed by atoms with Gasteiger partial charge in [0.25, 0.3) is 0 Å². The lowest BCUT2D eigenvalue weighted by Gasteiger charge is -2.02. The molecule has 2 heterocycles. The minimum atomic E-state index is -0.594. The number of fused-ring (bicyclic) bond motifs is 2. The Balaban J connectivity index is 0.000000178. The van der Waals surface area contributed by atoms with Crippen LogP contribution in [-0.2, 0) is 57.1 Å². The molecule has 6 rings (SSSR count). The van der Waals surface area contributed by atoms with Crippen molar-refractivity contribution in [3.8, 4) is 0 Å². The van der Waals surface area contributed by atoms with Crippen molar-refractivity contribution >= 4 is 39.6 Å². The molecule has 0 radical (unpaired) electrons. The van der Waals surface area contributed by atoms with Crippen LogP contribution in [0.2, 0.25) is 0 Å². The van der Waals surface area contributed by atoms with Gasteiger partial charge in [0.05, 0.1) is 24.3 Å². The molecule has 2 aromatic heterocycles. The second kappa shape index (κ2) is 20.8. The van der Waals surface area contributed by atoms with Gasteiger partial charge in [-0.1, -0.05) is 60.7 Å². The fourth-order valence-electron chi connectivity index (χ4n) is 5.25. The molecule has 0 aliphatic carbocycles. The van der Waals surface area contributed by atoms with Crippen LogP contribution in [0, 0.1) is 0 Å². The normalized spacial score (nSPS) is 10.5. The predicted octanol–water partition coefficient (Wildman–Crippen LogP) is 5.30. The number of carbonyl (C=O) groups is 3. The lowest BCUT2D eigenvalue weighted by molar-refractivity contribution is -0.487. The van der Waals surface area contributed by atoms with Gasteiger partial charge in [-0.2, -0.15) is 9.62 Å². The molecule has 13 nitrogen and oxygen atoms in total. The number of hydrogen-bond donors (Lipinski definition) is 6. The summed E-state index contributed by atoms with van der Waals surface area (Å²) >= 11 is 0. The third kappa shape index (κ3) is 12.6. The number of aliphatic hydroxyl groups is 2. The molecular formula is C40H44N4O9. The first-order chi connectivity index (χ1) is 25.7. The highest BCUT2D eigenvalue weighted by Gasteiger charge is 2.10. The van der Waals surface area contributed by atoms with E-state index in [2.05, 4.69) is 25.5 Å². The van der Waals surface area contributed by atoms with Crippen LogP contribution in [0.25, 0.3) is 21.8 Å². The molecule has 53 heavy (non-hydrogen) atoms. The van der Waals surface area contributed by atoms with E-state index in [1.807, 2.05) is 66.9 Å². The van der Waals surface area contributed by atoms with E-state index in [0.29, 0.717) is 30.6 Å². The Hall–Kier alpha value is -5.99. The highest BCUT2D eigenvalue weighted by atomic mass is 17.5. The number of nitrogens with one attached hydrogen (secondary N) is 3. The quantitative estimate of drug-likeness (QED) is 0.0399. The van der Waals surface area contributed by atoms with E-state index < -0.39 is 5.97 Å². The summed E-state index contributed by atoms with van der Waals surface area (Å²) in [6.45, 7) is 4.37. The topological polar surface area (TPSA) is 184 Å². The van der Waals surface area contributed by atoms with Gasteiger partial charge < -0.3 is 31.0 Å². The van der Waals surface area contributed by atoms with Crippen molar-refractivity contribution in [2.45, 2.75) is 46.5 Å². The second-order valence-corrected chi connectivity index (χ2v) is 11.9. The third-order valence-corrected chi connectivity index (χ3v) is 7.90. The first-order valence-electron chi connectivity index (χ1n) is 16.9. The summed E-state index contributed by atoms with van der Waals surface area (Å²) in [6.07, 6.45) is 5.01. The lowest BCUT2D eigenvalue weighted by atomic mass is 10.1. The molecule has 6 aromatic rings. The van der Waals surface area contributed by atoms with E-state index in [1.54, 1.807) is 42.6 Å². The van der Waals surface area contributed by atoms with Crippen LogP contribution < -0.4 is 10.6 Å². The largest absolute Gasteiger partial charge is 0.428 e. The maximum absolute atomic E-state index is 11.4. The molecule has 0 spiro atoms. The molecule has 0 saturated carbocycles. The number of rotatable bonds is 13. The number of nitrogens with zero attached hydrogens (tertiary/aromatic N) is 1. The zero-order valence-electron chi connectivity index (χ0n) is 29.6. The van der Waals surface area contributed by atoms with E-state index in [0.717, 1.165) is 55.3 Å². The van der Waals surface area contributed by atoms with Crippen LogP contribution >= 0.6 is 0 Å². The van der Waals surface area contributed by atoms with Crippen LogP contribution in [0.3, 0.4) is 0 Å². The van der Waals surface area contributed by atoms with Crippen LogP contribution in [0.1, 0.15) is 52.0 Å². The summed E-state index contributed by atoms with van der Waals surface area (Å²) in [4.78, 5) is 45.5. The Morgan fingerprint density at radius 3 is 1.92 bits per heavy atom. The van der Waals surface area contributed by atoms with Crippen molar-refractivity contribution in [2.24, 2.45) is 0 Å². The van der Waals surface area contributed by atoms with E-state index >= 15 is 0 Å². The average Bonchev–Trinajstić information content (AvgIpc) is 3.73. The Labute approximate surface area is 306 Å². The minimum Gasteiger partial charge on any atom is -0.428 e. The van der Waals surface area contributed by atoms with Gasteiger partial charge in [0.2, 0.25) is 11.8 Å². The third-order valence-electron chi connectivity index (χ3n) is 7.90. The van der Waals surface area contributed by atoms with Crippen LogP contribution in [0.5, 0.6) is 0 Å². The number of hydrogen-bond acceptors (Lipinski definition) is 9. The fraction of sp³-hybridized carbons (Fsp3) is 0.225. The second-order valence-electron chi connectivity index (χ2n) is 11.9. The summed E-state index contributed by atoms with van der Waals surface area (Å²) in [5.74, 6) is -0.677. The summed E-state index contributed by atoms with van der Waals surface area (Å²) < 4.78 is 1.07. The van der Waals surface area contributed by atoms with Crippen molar-refractivity contribution in [1.29, 1.82) is 0 Å². The zero-order valence-corrected chi connectivity index (χ0v) is 29.6.